The first kappa shape index (κ1) is 12.6. The number of imidazole rings is 1. The Labute approximate surface area is 106 Å². The molecule has 5 heteroatoms. The number of primary amides is 1. The lowest BCUT2D eigenvalue weighted by atomic mass is 10.1. The molecule has 0 aliphatic rings. The van der Waals surface area contributed by atoms with Gasteiger partial charge in [0.25, 0.3) is 0 Å². The maximum Gasteiger partial charge on any atom is 0.236 e. The van der Waals surface area contributed by atoms with Gasteiger partial charge in [0.15, 0.2) is 0 Å². The van der Waals surface area contributed by atoms with Gasteiger partial charge in [0.2, 0.25) is 5.91 Å². The molecule has 18 heavy (non-hydrogen) atoms. The third kappa shape index (κ3) is 2.22. The molecule has 0 aliphatic heterocycles. The van der Waals surface area contributed by atoms with Gasteiger partial charge >= 0.3 is 0 Å². The average Bonchev–Trinajstić information content (AvgIpc) is 2.69. The quantitative estimate of drug-likeness (QED) is 0.835. The van der Waals surface area contributed by atoms with E-state index in [2.05, 4.69) is 36.3 Å². The molecule has 1 atom stereocenters. The van der Waals surface area contributed by atoms with Gasteiger partial charge in [-0.2, -0.15) is 0 Å². The van der Waals surface area contributed by atoms with E-state index in [1.807, 2.05) is 4.57 Å². The first-order valence-electron chi connectivity index (χ1n) is 5.91. The number of nitrogens with two attached hydrogens (primary N) is 1. The zero-order chi connectivity index (χ0) is 13.3. The number of aromatic nitrogens is 2. The molecule has 0 radical (unpaired) electrons. The number of amides is 1. The number of rotatable bonds is 4. The Bertz CT molecular complexity index is 588. The van der Waals surface area contributed by atoms with Crippen LogP contribution in [0.5, 0.6) is 0 Å². The first-order valence-corrected chi connectivity index (χ1v) is 5.91. The number of likely N-dealkylation sites (N-methyl/N-ethyl adjacent to an activating group) is 1. The van der Waals surface area contributed by atoms with E-state index in [9.17, 15) is 4.79 Å². The number of hydrogen-bond acceptors (Lipinski definition) is 3. The van der Waals surface area contributed by atoms with Crippen molar-refractivity contribution in [3.8, 4) is 0 Å². The third-order valence-electron chi connectivity index (χ3n) is 3.31. The lowest BCUT2D eigenvalue weighted by molar-refractivity contribution is -0.120. The van der Waals surface area contributed by atoms with Crippen LogP contribution in [0.1, 0.15) is 11.1 Å². The van der Waals surface area contributed by atoms with Gasteiger partial charge in [-0.3, -0.25) is 4.79 Å². The molecule has 2 aromatic rings. The molecule has 1 heterocycles. The topological polar surface area (TPSA) is 72.9 Å². The molecule has 0 fully saturated rings. The lowest BCUT2D eigenvalue weighted by Crippen LogP contribution is -2.42. The summed E-state index contributed by atoms with van der Waals surface area (Å²) in [6.07, 6.45) is 1.75. The van der Waals surface area contributed by atoms with Crippen molar-refractivity contribution in [1.82, 2.24) is 14.9 Å². The molecule has 0 saturated carbocycles. The highest BCUT2D eigenvalue weighted by atomic mass is 16.1. The maximum absolute atomic E-state index is 11.2. The Morgan fingerprint density at radius 3 is 2.72 bits per heavy atom. The van der Waals surface area contributed by atoms with E-state index in [1.54, 1.807) is 13.4 Å². The van der Waals surface area contributed by atoms with Crippen LogP contribution >= 0.6 is 0 Å². The minimum atomic E-state index is -0.385. The third-order valence-corrected chi connectivity index (χ3v) is 3.31. The van der Waals surface area contributed by atoms with Gasteiger partial charge in [-0.05, 0) is 44.2 Å². The summed E-state index contributed by atoms with van der Waals surface area (Å²) in [6, 6.07) is 3.76. The summed E-state index contributed by atoms with van der Waals surface area (Å²) in [4.78, 5) is 15.6. The monoisotopic (exact) mass is 246 g/mol. The van der Waals surface area contributed by atoms with Crippen molar-refractivity contribution in [2.45, 2.75) is 26.4 Å². The fraction of sp³-hybridized carbons (Fsp3) is 0.385. The van der Waals surface area contributed by atoms with Crippen molar-refractivity contribution in [3.05, 3.63) is 29.6 Å². The molecule has 0 spiro atoms. The number of hydrogen-bond donors (Lipinski definition) is 2. The highest BCUT2D eigenvalue weighted by Crippen LogP contribution is 2.18. The molecule has 5 nitrogen and oxygen atoms in total. The van der Waals surface area contributed by atoms with E-state index in [4.69, 9.17) is 5.73 Å². The highest BCUT2D eigenvalue weighted by Gasteiger charge is 2.15. The van der Waals surface area contributed by atoms with Gasteiger partial charge in [-0.1, -0.05) is 0 Å². The van der Waals surface area contributed by atoms with Crippen LogP contribution in [0.2, 0.25) is 0 Å². The van der Waals surface area contributed by atoms with Crippen LogP contribution in [0, 0.1) is 13.8 Å². The Kier molecular flexibility index (Phi) is 3.34. The minimum absolute atomic E-state index is 0.358. The molecule has 2 rings (SSSR count). The normalized spacial score (nSPS) is 12.8. The van der Waals surface area contributed by atoms with Crippen LogP contribution in [-0.4, -0.2) is 28.5 Å². The number of fused-ring (bicyclic) bond motifs is 1. The summed E-state index contributed by atoms with van der Waals surface area (Å²) in [5.41, 5.74) is 9.72. The second-order valence-corrected chi connectivity index (χ2v) is 4.57. The molecule has 1 amide bonds. The predicted octanol–water partition coefficient (Wildman–Crippen LogP) is 0.726. The van der Waals surface area contributed by atoms with Gasteiger partial charge in [0.1, 0.15) is 6.04 Å². The van der Waals surface area contributed by atoms with Crippen molar-refractivity contribution in [2.75, 3.05) is 7.05 Å². The van der Waals surface area contributed by atoms with Gasteiger partial charge < -0.3 is 15.6 Å². The van der Waals surface area contributed by atoms with E-state index in [0.717, 1.165) is 11.0 Å². The summed E-state index contributed by atoms with van der Waals surface area (Å²) in [5, 5.41) is 2.91. The highest BCUT2D eigenvalue weighted by molar-refractivity contribution is 5.81. The standard InChI is InChI=1S/C13H18N4O/c1-8-4-10-12(5-9(8)2)17(7-16-10)6-11(15-3)13(14)18/h4-5,7,11,15H,6H2,1-3H3,(H2,14,18). The Morgan fingerprint density at radius 2 is 2.11 bits per heavy atom. The summed E-state index contributed by atoms with van der Waals surface area (Å²) >= 11 is 0. The van der Waals surface area contributed by atoms with E-state index in [1.165, 1.54) is 11.1 Å². The Hall–Kier alpha value is -1.88. The summed E-state index contributed by atoms with van der Waals surface area (Å²) < 4.78 is 1.95. The molecule has 1 aromatic carbocycles. The van der Waals surface area contributed by atoms with Crippen LogP contribution in [0.4, 0.5) is 0 Å². The molecule has 0 aliphatic carbocycles. The minimum Gasteiger partial charge on any atom is -0.368 e. The summed E-state index contributed by atoms with van der Waals surface area (Å²) in [7, 11) is 1.73. The summed E-state index contributed by atoms with van der Waals surface area (Å²) in [5.74, 6) is -0.358. The molecule has 3 N–H and O–H groups in total. The van der Waals surface area contributed by atoms with Crippen LogP contribution in [-0.2, 0) is 11.3 Å². The molecule has 96 valence electrons. The number of benzene rings is 1. The number of nitrogens with one attached hydrogen (secondary N) is 1. The smallest absolute Gasteiger partial charge is 0.236 e. The zero-order valence-corrected chi connectivity index (χ0v) is 10.9. The van der Waals surface area contributed by atoms with Crippen LogP contribution in [0.25, 0.3) is 11.0 Å². The average molecular weight is 246 g/mol. The number of aryl methyl sites for hydroxylation is 2. The molecule has 1 aromatic heterocycles. The molecule has 0 bridgehead atoms. The summed E-state index contributed by atoms with van der Waals surface area (Å²) in [6.45, 7) is 4.62. The van der Waals surface area contributed by atoms with E-state index < -0.39 is 0 Å². The van der Waals surface area contributed by atoms with Gasteiger partial charge in [0, 0.05) is 6.54 Å². The van der Waals surface area contributed by atoms with Gasteiger partial charge in [0.05, 0.1) is 17.4 Å². The Balaban J connectivity index is 2.40. The number of carbonyl (C=O) groups excluding carboxylic acids is 1. The van der Waals surface area contributed by atoms with E-state index in [0.29, 0.717) is 6.54 Å². The number of carbonyl (C=O) groups is 1. The van der Waals surface area contributed by atoms with E-state index in [-0.39, 0.29) is 11.9 Å². The Morgan fingerprint density at radius 1 is 1.44 bits per heavy atom. The van der Waals surface area contributed by atoms with E-state index >= 15 is 0 Å². The zero-order valence-electron chi connectivity index (χ0n) is 10.9. The van der Waals surface area contributed by atoms with Crippen molar-refractivity contribution < 1.29 is 4.79 Å². The van der Waals surface area contributed by atoms with Crippen molar-refractivity contribution in [2.24, 2.45) is 5.73 Å². The predicted molar refractivity (Wildman–Crippen MR) is 71.2 cm³/mol. The molecular formula is C13H18N4O. The molecular weight excluding hydrogens is 228 g/mol. The van der Waals surface area contributed by atoms with Crippen LogP contribution < -0.4 is 11.1 Å². The fourth-order valence-electron chi connectivity index (χ4n) is 1.98. The second-order valence-electron chi connectivity index (χ2n) is 4.57. The molecule has 0 saturated heterocycles. The van der Waals surface area contributed by atoms with Crippen molar-refractivity contribution in [3.63, 3.8) is 0 Å². The fourth-order valence-corrected chi connectivity index (χ4v) is 1.98. The van der Waals surface area contributed by atoms with Crippen LogP contribution in [0.15, 0.2) is 18.5 Å². The second kappa shape index (κ2) is 4.78. The molecule has 1 unspecified atom stereocenters. The van der Waals surface area contributed by atoms with Gasteiger partial charge in [-0.15, -0.1) is 0 Å². The van der Waals surface area contributed by atoms with Crippen LogP contribution in [0.3, 0.4) is 0 Å². The number of nitrogens with zero attached hydrogens (tertiary/aromatic N) is 2. The van der Waals surface area contributed by atoms with Crippen molar-refractivity contribution in [1.29, 1.82) is 0 Å². The lowest BCUT2D eigenvalue weighted by Gasteiger charge is -2.13. The largest absolute Gasteiger partial charge is 0.368 e. The first-order chi connectivity index (χ1) is 8.52. The SMILES string of the molecule is CNC(Cn1cnc2cc(C)c(C)cc21)C(N)=O. The maximum atomic E-state index is 11.2. The van der Waals surface area contributed by atoms with Gasteiger partial charge in [-0.25, -0.2) is 4.98 Å². The van der Waals surface area contributed by atoms with Crippen molar-refractivity contribution >= 4 is 16.9 Å².